The number of aliphatic hydroxyl groups is 2. The topological polar surface area (TPSA) is 95.9 Å². The molecule has 0 spiro atoms. The fraction of sp³-hybridized carbons (Fsp3) is 0.333. The van der Waals surface area contributed by atoms with Crippen molar-refractivity contribution in [2.45, 2.75) is 25.5 Å². The van der Waals surface area contributed by atoms with Crippen molar-refractivity contribution in [2.75, 3.05) is 13.7 Å². The van der Waals surface area contributed by atoms with E-state index in [1.165, 1.54) is 33.1 Å². The molecule has 0 bridgehead atoms. The second-order valence-corrected chi connectivity index (χ2v) is 5.37. The average molecular weight is 329 g/mol. The summed E-state index contributed by atoms with van der Waals surface area (Å²) in [5, 5.41) is 21.0. The van der Waals surface area contributed by atoms with E-state index in [9.17, 15) is 14.7 Å². The van der Waals surface area contributed by atoms with E-state index in [2.05, 4.69) is 33.7 Å². The zero-order valence-corrected chi connectivity index (χ0v) is 13.7. The molecule has 1 amide bonds. The van der Waals surface area contributed by atoms with Gasteiger partial charge in [-0.05, 0) is 50.0 Å². The van der Waals surface area contributed by atoms with E-state index in [1.807, 2.05) is 0 Å². The lowest BCUT2D eigenvalue weighted by atomic mass is 9.98. The Hall–Kier alpha value is -2.80. The largest absolute Gasteiger partial charge is 0.467 e. The molecule has 3 N–H and O–H groups in total. The number of hydrogen-bond acceptors (Lipinski definition) is 5. The number of benzene rings is 1. The fourth-order valence-electron chi connectivity index (χ4n) is 1.75. The van der Waals surface area contributed by atoms with Crippen LogP contribution in [0, 0.1) is 23.7 Å². The van der Waals surface area contributed by atoms with Crippen molar-refractivity contribution in [3.8, 4) is 23.7 Å². The minimum Gasteiger partial charge on any atom is -0.467 e. The zero-order valence-electron chi connectivity index (χ0n) is 13.7. The number of carbonyl (C=O) groups is 2. The van der Waals surface area contributed by atoms with Crippen LogP contribution in [0.5, 0.6) is 0 Å². The van der Waals surface area contributed by atoms with Gasteiger partial charge in [-0.1, -0.05) is 11.8 Å². The maximum atomic E-state index is 12.2. The third-order valence-electron chi connectivity index (χ3n) is 3.00. The molecular weight excluding hydrogens is 310 g/mol. The molecule has 126 valence electrons. The van der Waals surface area contributed by atoms with Crippen LogP contribution in [0.3, 0.4) is 0 Å². The van der Waals surface area contributed by atoms with Gasteiger partial charge in [-0.3, -0.25) is 4.79 Å². The highest BCUT2D eigenvalue weighted by Gasteiger charge is 2.35. The van der Waals surface area contributed by atoms with Crippen molar-refractivity contribution in [3.63, 3.8) is 0 Å². The lowest BCUT2D eigenvalue weighted by molar-refractivity contribution is -0.148. The van der Waals surface area contributed by atoms with Gasteiger partial charge in [0.15, 0.2) is 6.04 Å². The maximum Gasteiger partial charge on any atom is 0.331 e. The maximum absolute atomic E-state index is 12.2. The molecule has 0 unspecified atom stereocenters. The summed E-state index contributed by atoms with van der Waals surface area (Å²) in [6.45, 7) is 2.55. The molecule has 0 aliphatic heterocycles. The van der Waals surface area contributed by atoms with Gasteiger partial charge < -0.3 is 20.3 Å². The van der Waals surface area contributed by atoms with Crippen LogP contribution in [-0.4, -0.2) is 47.4 Å². The van der Waals surface area contributed by atoms with Crippen LogP contribution < -0.4 is 5.32 Å². The SMILES string of the molecule is COC(=O)[C@@H](NC(=O)c1ccc(C#CC#CCO)cc1)C(C)(C)O. The van der Waals surface area contributed by atoms with Gasteiger partial charge in [0.1, 0.15) is 6.61 Å². The Balaban J connectivity index is 2.87. The standard InChI is InChI=1S/C18H19NO5/c1-18(2,23)15(17(22)24-3)19-16(21)14-10-8-13(9-11-14)7-5-4-6-12-20/h8-11,15,20,23H,12H2,1-3H3,(H,19,21)/t15-/m1/s1. The first-order chi connectivity index (χ1) is 11.3. The number of amides is 1. The smallest absolute Gasteiger partial charge is 0.331 e. The fourth-order valence-corrected chi connectivity index (χ4v) is 1.75. The molecule has 24 heavy (non-hydrogen) atoms. The van der Waals surface area contributed by atoms with Gasteiger partial charge in [0, 0.05) is 11.1 Å². The number of carbonyl (C=O) groups excluding carboxylic acids is 2. The molecule has 6 heteroatoms. The molecule has 0 aliphatic carbocycles. The first kappa shape index (κ1) is 19.2. The monoisotopic (exact) mass is 329 g/mol. The van der Waals surface area contributed by atoms with Crippen molar-refractivity contribution in [1.29, 1.82) is 0 Å². The van der Waals surface area contributed by atoms with Crippen LogP contribution in [0.4, 0.5) is 0 Å². The number of aliphatic hydroxyl groups excluding tert-OH is 1. The molecule has 0 aliphatic rings. The summed E-state index contributed by atoms with van der Waals surface area (Å²) < 4.78 is 4.60. The van der Waals surface area contributed by atoms with Crippen LogP contribution in [-0.2, 0) is 9.53 Å². The predicted molar refractivity (Wildman–Crippen MR) is 87.7 cm³/mol. The third kappa shape index (κ3) is 5.77. The molecule has 0 saturated heterocycles. The molecular formula is C18H19NO5. The van der Waals surface area contributed by atoms with Crippen molar-refractivity contribution < 1.29 is 24.5 Å². The van der Waals surface area contributed by atoms with Crippen LogP contribution in [0.1, 0.15) is 29.8 Å². The average Bonchev–Trinajstić information content (AvgIpc) is 2.55. The van der Waals surface area contributed by atoms with E-state index in [-0.39, 0.29) is 6.61 Å². The van der Waals surface area contributed by atoms with Gasteiger partial charge >= 0.3 is 5.97 Å². The highest BCUT2D eigenvalue weighted by molar-refractivity contribution is 5.97. The second-order valence-electron chi connectivity index (χ2n) is 5.37. The number of nitrogens with one attached hydrogen (secondary N) is 1. The van der Waals surface area contributed by atoms with Gasteiger partial charge in [0.25, 0.3) is 5.91 Å². The van der Waals surface area contributed by atoms with E-state index >= 15 is 0 Å². The molecule has 0 heterocycles. The lowest BCUT2D eigenvalue weighted by Crippen LogP contribution is -2.54. The Morgan fingerprint density at radius 3 is 2.38 bits per heavy atom. The Morgan fingerprint density at radius 2 is 1.88 bits per heavy atom. The zero-order chi connectivity index (χ0) is 18.2. The van der Waals surface area contributed by atoms with E-state index < -0.39 is 23.5 Å². The van der Waals surface area contributed by atoms with E-state index in [4.69, 9.17) is 5.11 Å². The van der Waals surface area contributed by atoms with Gasteiger partial charge in [-0.2, -0.15) is 0 Å². The molecule has 0 fully saturated rings. The molecule has 0 radical (unpaired) electrons. The van der Waals surface area contributed by atoms with Crippen molar-refractivity contribution in [3.05, 3.63) is 35.4 Å². The van der Waals surface area contributed by atoms with Crippen molar-refractivity contribution in [2.24, 2.45) is 0 Å². The first-order valence-electron chi connectivity index (χ1n) is 7.10. The molecule has 1 atom stereocenters. The number of esters is 1. The normalized spacial score (nSPS) is 11.2. The highest BCUT2D eigenvalue weighted by Crippen LogP contribution is 2.12. The summed E-state index contributed by atoms with van der Waals surface area (Å²) in [6.07, 6.45) is 0. The number of ether oxygens (including phenoxy) is 1. The Morgan fingerprint density at radius 1 is 1.25 bits per heavy atom. The predicted octanol–water partition coefficient (Wildman–Crippen LogP) is 0.0761. The summed E-state index contributed by atoms with van der Waals surface area (Å²) in [7, 11) is 1.18. The van der Waals surface area contributed by atoms with Crippen LogP contribution in [0.2, 0.25) is 0 Å². The number of methoxy groups -OCH3 is 1. The third-order valence-corrected chi connectivity index (χ3v) is 3.00. The first-order valence-corrected chi connectivity index (χ1v) is 7.10. The van der Waals surface area contributed by atoms with Gasteiger partial charge in [0.05, 0.1) is 12.7 Å². The molecule has 0 aromatic heterocycles. The Kier molecular flexibility index (Phi) is 7.00. The van der Waals surface area contributed by atoms with E-state index in [1.54, 1.807) is 12.1 Å². The second kappa shape index (κ2) is 8.73. The molecule has 1 aromatic carbocycles. The summed E-state index contributed by atoms with van der Waals surface area (Å²) in [5.74, 6) is 8.92. The van der Waals surface area contributed by atoms with E-state index in [0.29, 0.717) is 11.1 Å². The quantitative estimate of drug-likeness (QED) is 0.537. The molecule has 1 aromatic rings. The van der Waals surface area contributed by atoms with Gasteiger partial charge in [0.2, 0.25) is 0 Å². The van der Waals surface area contributed by atoms with E-state index in [0.717, 1.165) is 0 Å². The number of hydrogen-bond donors (Lipinski definition) is 3. The minimum absolute atomic E-state index is 0.254. The molecule has 0 saturated carbocycles. The minimum atomic E-state index is -1.47. The lowest BCUT2D eigenvalue weighted by Gasteiger charge is -2.27. The summed E-state index contributed by atoms with van der Waals surface area (Å²) >= 11 is 0. The summed E-state index contributed by atoms with van der Waals surface area (Å²) in [4.78, 5) is 23.9. The number of rotatable bonds is 4. The Bertz CT molecular complexity index is 708. The van der Waals surface area contributed by atoms with Gasteiger partial charge in [-0.25, -0.2) is 4.79 Å². The highest BCUT2D eigenvalue weighted by atomic mass is 16.5. The van der Waals surface area contributed by atoms with Crippen LogP contribution in [0.25, 0.3) is 0 Å². The summed E-state index contributed by atoms with van der Waals surface area (Å²) in [5.41, 5.74) is -0.523. The van der Waals surface area contributed by atoms with Crippen LogP contribution in [0.15, 0.2) is 24.3 Å². The molecule has 1 rings (SSSR count). The van der Waals surface area contributed by atoms with Crippen LogP contribution >= 0.6 is 0 Å². The van der Waals surface area contributed by atoms with Crippen molar-refractivity contribution >= 4 is 11.9 Å². The molecule has 6 nitrogen and oxygen atoms in total. The summed E-state index contributed by atoms with van der Waals surface area (Å²) in [6, 6.07) is 5.14. The van der Waals surface area contributed by atoms with Gasteiger partial charge in [-0.15, -0.1) is 0 Å². The van der Waals surface area contributed by atoms with Crippen molar-refractivity contribution in [1.82, 2.24) is 5.32 Å². The Labute approximate surface area is 140 Å².